The molecule has 9 nitrogen and oxygen atoms in total. The molecular weight excluding hydrogens is 266 g/mol. The van der Waals surface area contributed by atoms with Crippen molar-refractivity contribution >= 4 is 29.0 Å². The number of carbonyl (C=O) groups is 2. The monoisotopic (exact) mass is 280 g/mol. The van der Waals surface area contributed by atoms with E-state index >= 15 is 0 Å². The summed E-state index contributed by atoms with van der Waals surface area (Å²) in [6.07, 6.45) is -0.112. The Labute approximate surface area is 114 Å². The molecule has 0 aliphatic rings. The van der Waals surface area contributed by atoms with E-state index in [0.29, 0.717) is 5.71 Å². The topological polar surface area (TPSA) is 143 Å². The summed E-state index contributed by atoms with van der Waals surface area (Å²) < 4.78 is 0. The van der Waals surface area contributed by atoms with Crippen molar-refractivity contribution in [3.8, 4) is 0 Å². The highest BCUT2D eigenvalue weighted by Crippen LogP contribution is 2.23. The Morgan fingerprint density at radius 1 is 1.45 bits per heavy atom. The number of hydrogen-bond acceptors (Lipinski definition) is 6. The lowest BCUT2D eigenvalue weighted by atomic mass is 10.2. The SMILES string of the molecule is C/C(CC(=O)Nc1ccccc1N([O-])O)=N/NC(N)=O. The fourth-order valence-corrected chi connectivity index (χ4v) is 1.36. The molecule has 0 saturated heterocycles. The van der Waals surface area contributed by atoms with Gasteiger partial charge in [0.15, 0.2) is 0 Å². The van der Waals surface area contributed by atoms with Crippen LogP contribution >= 0.6 is 0 Å². The van der Waals surface area contributed by atoms with E-state index in [1.807, 2.05) is 5.43 Å². The summed E-state index contributed by atoms with van der Waals surface area (Å²) in [6.45, 7) is 1.52. The van der Waals surface area contributed by atoms with E-state index in [1.165, 1.54) is 25.1 Å². The molecular formula is C11H14N5O4-. The molecule has 20 heavy (non-hydrogen) atoms. The van der Waals surface area contributed by atoms with Crippen LogP contribution in [0.1, 0.15) is 13.3 Å². The Kier molecular flexibility index (Phi) is 5.44. The van der Waals surface area contributed by atoms with Gasteiger partial charge in [-0.2, -0.15) is 5.10 Å². The molecule has 3 amide bonds. The fraction of sp³-hybridized carbons (Fsp3) is 0.182. The second-order valence-electron chi connectivity index (χ2n) is 3.84. The van der Waals surface area contributed by atoms with Gasteiger partial charge in [0, 0.05) is 5.71 Å². The Morgan fingerprint density at radius 2 is 2.10 bits per heavy atom. The number of anilines is 2. The quantitative estimate of drug-likeness (QED) is 0.465. The third-order valence-electron chi connectivity index (χ3n) is 2.16. The number of benzene rings is 1. The highest BCUT2D eigenvalue weighted by atomic mass is 16.8. The van der Waals surface area contributed by atoms with E-state index in [9.17, 15) is 14.8 Å². The summed E-state index contributed by atoms with van der Waals surface area (Å²) in [5.41, 5.74) is 7.20. The normalized spacial score (nSPS) is 10.8. The number of rotatable bonds is 5. The molecule has 0 unspecified atom stereocenters. The minimum atomic E-state index is -0.836. The van der Waals surface area contributed by atoms with Gasteiger partial charge in [0.2, 0.25) is 5.91 Å². The van der Waals surface area contributed by atoms with Gasteiger partial charge >= 0.3 is 6.03 Å². The molecule has 0 heterocycles. The first-order valence-electron chi connectivity index (χ1n) is 5.53. The van der Waals surface area contributed by atoms with Crippen LogP contribution in [-0.4, -0.2) is 22.9 Å². The van der Waals surface area contributed by atoms with E-state index in [2.05, 4.69) is 10.4 Å². The average Bonchev–Trinajstić information content (AvgIpc) is 2.36. The molecule has 1 rings (SSSR count). The van der Waals surface area contributed by atoms with Crippen LogP contribution in [0.4, 0.5) is 16.2 Å². The van der Waals surface area contributed by atoms with Crippen LogP contribution in [-0.2, 0) is 4.79 Å². The van der Waals surface area contributed by atoms with Crippen LogP contribution in [0.25, 0.3) is 0 Å². The lowest BCUT2D eigenvalue weighted by Crippen LogP contribution is -2.26. The zero-order chi connectivity index (χ0) is 15.1. The van der Waals surface area contributed by atoms with Crippen LogP contribution in [0.3, 0.4) is 0 Å². The van der Waals surface area contributed by atoms with Crippen molar-refractivity contribution in [3.05, 3.63) is 29.5 Å². The first-order valence-corrected chi connectivity index (χ1v) is 5.53. The van der Waals surface area contributed by atoms with E-state index in [1.54, 1.807) is 6.07 Å². The maximum absolute atomic E-state index is 11.7. The van der Waals surface area contributed by atoms with Gasteiger partial charge in [-0.25, -0.2) is 10.2 Å². The van der Waals surface area contributed by atoms with E-state index in [0.717, 1.165) is 0 Å². The Morgan fingerprint density at radius 3 is 2.70 bits per heavy atom. The Bertz CT molecular complexity index is 529. The van der Waals surface area contributed by atoms with Crippen LogP contribution in [0.15, 0.2) is 29.4 Å². The van der Waals surface area contributed by atoms with Crippen molar-refractivity contribution in [2.24, 2.45) is 10.8 Å². The lowest BCUT2D eigenvalue weighted by Gasteiger charge is -2.24. The molecule has 1 aromatic carbocycles. The van der Waals surface area contributed by atoms with Gasteiger partial charge in [-0.1, -0.05) is 12.1 Å². The molecule has 0 radical (unpaired) electrons. The van der Waals surface area contributed by atoms with E-state index in [4.69, 9.17) is 10.9 Å². The number of primary amides is 1. The second kappa shape index (κ2) is 7.07. The Hall–Kier alpha value is -2.65. The van der Waals surface area contributed by atoms with Crippen molar-refractivity contribution in [2.45, 2.75) is 13.3 Å². The Balaban J connectivity index is 2.67. The molecule has 108 valence electrons. The molecule has 0 fully saturated rings. The first-order chi connectivity index (χ1) is 9.40. The van der Waals surface area contributed by atoms with E-state index < -0.39 is 11.9 Å². The summed E-state index contributed by atoms with van der Waals surface area (Å²) in [7, 11) is 0. The second-order valence-corrected chi connectivity index (χ2v) is 3.84. The molecule has 0 spiro atoms. The molecule has 5 N–H and O–H groups in total. The van der Waals surface area contributed by atoms with Crippen LogP contribution in [0.5, 0.6) is 0 Å². The van der Waals surface area contributed by atoms with E-state index in [-0.39, 0.29) is 23.0 Å². The van der Waals surface area contributed by atoms with Crippen molar-refractivity contribution < 1.29 is 14.8 Å². The summed E-state index contributed by atoms with van der Waals surface area (Å²) in [5, 5.41) is 25.4. The average molecular weight is 280 g/mol. The van der Waals surface area contributed by atoms with Gasteiger partial charge in [-0.15, -0.1) is 0 Å². The van der Waals surface area contributed by atoms with Crippen molar-refractivity contribution in [2.75, 3.05) is 10.5 Å². The maximum atomic E-state index is 11.7. The molecule has 0 atom stereocenters. The number of nitrogens with zero attached hydrogens (tertiary/aromatic N) is 2. The summed E-state index contributed by atoms with van der Waals surface area (Å²) in [5.74, 6) is -0.466. The fourth-order valence-electron chi connectivity index (χ4n) is 1.36. The number of urea groups is 1. The smallest absolute Gasteiger partial charge is 0.332 e. The van der Waals surface area contributed by atoms with Gasteiger partial charge in [0.05, 0.1) is 17.8 Å². The molecule has 0 aromatic heterocycles. The summed E-state index contributed by atoms with van der Waals surface area (Å²) in [4.78, 5) is 22.1. The van der Waals surface area contributed by atoms with Crippen LogP contribution in [0.2, 0.25) is 0 Å². The molecule has 1 aromatic rings. The largest absolute Gasteiger partial charge is 0.733 e. The zero-order valence-corrected chi connectivity index (χ0v) is 10.7. The highest BCUT2D eigenvalue weighted by molar-refractivity contribution is 6.06. The summed E-state index contributed by atoms with van der Waals surface area (Å²) >= 11 is 0. The molecule has 0 saturated carbocycles. The number of para-hydroxylation sites is 2. The van der Waals surface area contributed by atoms with Crippen molar-refractivity contribution in [1.82, 2.24) is 5.43 Å². The number of hydrogen-bond donors (Lipinski definition) is 4. The standard InChI is InChI=1S/C11H14N5O4/c1-7(14-15-11(12)18)6-10(17)13-8-4-2-3-5-9(8)16(19)20/h2-5,19H,6H2,1H3,(H,13,17)(H3,12,15,18)/q-1/b14-7-. The first kappa shape index (κ1) is 15.4. The van der Waals surface area contributed by atoms with Gasteiger partial charge in [-0.3, -0.25) is 10.0 Å². The van der Waals surface area contributed by atoms with Gasteiger partial charge in [0.25, 0.3) is 0 Å². The molecule has 9 heteroatoms. The maximum Gasteiger partial charge on any atom is 0.332 e. The number of carbonyl (C=O) groups excluding carboxylic acids is 2. The highest BCUT2D eigenvalue weighted by Gasteiger charge is 2.08. The summed E-state index contributed by atoms with van der Waals surface area (Å²) in [6, 6.07) is 5.10. The van der Waals surface area contributed by atoms with Gasteiger partial charge < -0.3 is 21.5 Å². The van der Waals surface area contributed by atoms with Gasteiger partial charge in [0.1, 0.15) is 0 Å². The third-order valence-corrected chi connectivity index (χ3v) is 2.16. The van der Waals surface area contributed by atoms with Gasteiger partial charge in [-0.05, 0) is 19.1 Å². The molecule has 0 aliphatic heterocycles. The third kappa shape index (κ3) is 4.92. The predicted octanol–water partition coefficient (Wildman–Crippen LogP) is 0.753. The minimum Gasteiger partial charge on any atom is -0.733 e. The number of nitrogens with one attached hydrogen (secondary N) is 2. The molecule has 0 bridgehead atoms. The number of nitrogens with two attached hydrogens (primary N) is 1. The number of amides is 3. The van der Waals surface area contributed by atoms with Crippen LogP contribution in [0, 0.1) is 5.21 Å². The predicted molar refractivity (Wildman–Crippen MR) is 73.1 cm³/mol. The number of hydrazone groups is 1. The lowest BCUT2D eigenvalue weighted by molar-refractivity contribution is -0.115. The molecule has 0 aliphatic carbocycles. The minimum absolute atomic E-state index is 0.0919. The van der Waals surface area contributed by atoms with Crippen molar-refractivity contribution in [3.63, 3.8) is 0 Å². The van der Waals surface area contributed by atoms with Crippen LogP contribution < -0.4 is 21.7 Å². The van der Waals surface area contributed by atoms with Crippen molar-refractivity contribution in [1.29, 1.82) is 0 Å². The zero-order valence-electron chi connectivity index (χ0n) is 10.7.